The lowest BCUT2D eigenvalue weighted by molar-refractivity contribution is 0.0950. The minimum Gasteiger partial charge on any atom is -0.363 e. The first-order valence-corrected chi connectivity index (χ1v) is 6.64. The number of anilines is 1. The number of aromatic nitrogens is 1. The lowest BCUT2D eigenvalue weighted by atomic mass is 10.1. The summed E-state index contributed by atoms with van der Waals surface area (Å²) in [4.78, 5) is 18.1. The third-order valence-corrected chi connectivity index (χ3v) is 3.14. The van der Waals surface area contributed by atoms with Crippen LogP contribution in [0.25, 0.3) is 0 Å². The van der Waals surface area contributed by atoms with Gasteiger partial charge in [0, 0.05) is 26.8 Å². The average molecular weight is 287 g/mol. The van der Waals surface area contributed by atoms with Crippen molar-refractivity contribution in [1.82, 2.24) is 10.3 Å². The lowest BCUT2D eigenvalue weighted by Gasteiger charge is -2.11. The summed E-state index contributed by atoms with van der Waals surface area (Å²) in [6, 6.07) is 8.31. The van der Waals surface area contributed by atoms with Gasteiger partial charge in [0.2, 0.25) is 0 Å². The van der Waals surface area contributed by atoms with Crippen LogP contribution in [0.5, 0.6) is 0 Å². The summed E-state index contributed by atoms with van der Waals surface area (Å²) in [5.74, 6) is 0.351. The molecule has 4 nitrogen and oxygen atoms in total. The molecule has 110 valence electrons. The minimum atomic E-state index is -0.242. The number of pyridine rings is 1. The predicted octanol–water partition coefficient (Wildman–Crippen LogP) is 2.53. The fourth-order valence-electron chi connectivity index (χ4n) is 1.89. The molecule has 0 saturated heterocycles. The van der Waals surface area contributed by atoms with Crippen molar-refractivity contribution in [3.05, 3.63) is 59.0 Å². The van der Waals surface area contributed by atoms with Gasteiger partial charge in [-0.25, -0.2) is 9.37 Å². The molecule has 21 heavy (non-hydrogen) atoms. The Labute approximate surface area is 123 Å². The van der Waals surface area contributed by atoms with E-state index in [1.165, 1.54) is 6.07 Å². The zero-order valence-corrected chi connectivity index (χ0v) is 12.4. The summed E-state index contributed by atoms with van der Waals surface area (Å²) in [6.07, 6.45) is 1.54. The standard InChI is InChI=1S/C16H18FN3O/c1-11-8-12(4-6-14(11)17)9-19-16(21)13-5-7-15(18-10-13)20(2)3/h4-8,10H,9H2,1-3H3,(H,19,21). The van der Waals surface area contributed by atoms with E-state index in [4.69, 9.17) is 0 Å². The second-order valence-corrected chi connectivity index (χ2v) is 5.07. The number of hydrogen-bond donors (Lipinski definition) is 1. The van der Waals surface area contributed by atoms with Crippen molar-refractivity contribution >= 4 is 11.7 Å². The quantitative estimate of drug-likeness (QED) is 0.940. The maximum Gasteiger partial charge on any atom is 0.253 e. The van der Waals surface area contributed by atoms with Gasteiger partial charge in [0.25, 0.3) is 5.91 Å². The number of nitrogens with zero attached hydrogens (tertiary/aromatic N) is 2. The molecule has 0 atom stereocenters. The van der Waals surface area contributed by atoms with Crippen LogP contribution in [0.3, 0.4) is 0 Å². The summed E-state index contributed by atoms with van der Waals surface area (Å²) >= 11 is 0. The van der Waals surface area contributed by atoms with Crippen LogP contribution in [-0.2, 0) is 6.54 Å². The fraction of sp³-hybridized carbons (Fsp3) is 0.250. The molecule has 5 heteroatoms. The summed E-state index contributed by atoms with van der Waals surface area (Å²) in [6.45, 7) is 2.06. The van der Waals surface area contributed by atoms with Crippen molar-refractivity contribution in [2.45, 2.75) is 13.5 Å². The van der Waals surface area contributed by atoms with Gasteiger partial charge in [0.05, 0.1) is 5.56 Å². The molecular weight excluding hydrogens is 269 g/mol. The van der Waals surface area contributed by atoms with Crippen LogP contribution in [0.2, 0.25) is 0 Å². The second kappa shape index (κ2) is 6.35. The number of hydrogen-bond acceptors (Lipinski definition) is 3. The molecule has 0 fully saturated rings. The molecule has 1 aromatic carbocycles. The van der Waals surface area contributed by atoms with Crippen LogP contribution in [0.1, 0.15) is 21.5 Å². The largest absolute Gasteiger partial charge is 0.363 e. The molecule has 0 saturated carbocycles. The summed E-state index contributed by atoms with van der Waals surface area (Å²) < 4.78 is 13.2. The van der Waals surface area contributed by atoms with Crippen LogP contribution in [0.4, 0.5) is 10.2 Å². The van der Waals surface area contributed by atoms with E-state index < -0.39 is 0 Å². The third kappa shape index (κ3) is 3.78. The average Bonchev–Trinajstić information content (AvgIpc) is 2.48. The number of benzene rings is 1. The molecule has 0 radical (unpaired) electrons. The number of aryl methyl sites for hydroxylation is 1. The smallest absolute Gasteiger partial charge is 0.253 e. The summed E-state index contributed by atoms with van der Waals surface area (Å²) in [7, 11) is 3.78. The highest BCUT2D eigenvalue weighted by molar-refractivity contribution is 5.94. The van der Waals surface area contributed by atoms with Crippen molar-refractivity contribution in [3.63, 3.8) is 0 Å². The number of carbonyl (C=O) groups excluding carboxylic acids is 1. The summed E-state index contributed by atoms with van der Waals surface area (Å²) in [5, 5.41) is 2.80. The number of carbonyl (C=O) groups is 1. The van der Waals surface area contributed by atoms with Crippen molar-refractivity contribution in [2.24, 2.45) is 0 Å². The Morgan fingerprint density at radius 1 is 1.29 bits per heavy atom. The van der Waals surface area contributed by atoms with Crippen LogP contribution in [0.15, 0.2) is 36.5 Å². The van der Waals surface area contributed by atoms with Gasteiger partial charge in [0.15, 0.2) is 0 Å². The number of halogens is 1. The van der Waals surface area contributed by atoms with Crippen LogP contribution in [-0.4, -0.2) is 25.0 Å². The van der Waals surface area contributed by atoms with E-state index in [0.29, 0.717) is 17.7 Å². The van der Waals surface area contributed by atoms with Crippen LogP contribution in [0, 0.1) is 12.7 Å². The Balaban J connectivity index is 1.99. The van der Waals surface area contributed by atoms with E-state index >= 15 is 0 Å². The van der Waals surface area contributed by atoms with Crippen LogP contribution >= 0.6 is 0 Å². The SMILES string of the molecule is Cc1cc(CNC(=O)c2ccc(N(C)C)nc2)ccc1F. The van der Waals surface area contributed by atoms with E-state index in [9.17, 15) is 9.18 Å². The van der Waals surface area contributed by atoms with E-state index in [-0.39, 0.29) is 11.7 Å². The van der Waals surface area contributed by atoms with Gasteiger partial charge in [-0.05, 0) is 36.2 Å². The Bertz CT molecular complexity index is 638. The van der Waals surface area contributed by atoms with Gasteiger partial charge in [-0.1, -0.05) is 12.1 Å². The predicted molar refractivity (Wildman–Crippen MR) is 80.9 cm³/mol. The molecule has 1 N–H and O–H groups in total. The molecule has 0 bridgehead atoms. The Morgan fingerprint density at radius 3 is 2.62 bits per heavy atom. The third-order valence-electron chi connectivity index (χ3n) is 3.14. The van der Waals surface area contributed by atoms with Gasteiger partial charge in [0.1, 0.15) is 11.6 Å². The van der Waals surface area contributed by atoms with Gasteiger partial charge in [-0.15, -0.1) is 0 Å². The van der Waals surface area contributed by atoms with Crippen molar-refractivity contribution in [2.75, 3.05) is 19.0 Å². The van der Waals surface area contributed by atoms with Crippen molar-refractivity contribution in [1.29, 1.82) is 0 Å². The molecular formula is C16H18FN3O. The maximum absolute atomic E-state index is 13.2. The minimum absolute atomic E-state index is 0.199. The second-order valence-electron chi connectivity index (χ2n) is 5.07. The lowest BCUT2D eigenvalue weighted by Crippen LogP contribution is -2.23. The normalized spacial score (nSPS) is 10.3. The molecule has 1 aromatic heterocycles. The Morgan fingerprint density at radius 2 is 2.05 bits per heavy atom. The van der Waals surface area contributed by atoms with E-state index in [1.54, 1.807) is 37.4 Å². The zero-order valence-electron chi connectivity index (χ0n) is 12.4. The first-order chi connectivity index (χ1) is 9.97. The Kier molecular flexibility index (Phi) is 4.52. The van der Waals surface area contributed by atoms with Gasteiger partial charge in [-0.2, -0.15) is 0 Å². The highest BCUT2D eigenvalue weighted by atomic mass is 19.1. The highest BCUT2D eigenvalue weighted by Gasteiger charge is 2.07. The molecule has 0 aliphatic rings. The van der Waals surface area contributed by atoms with Crippen LogP contribution < -0.4 is 10.2 Å². The number of amides is 1. The maximum atomic E-state index is 13.2. The molecule has 0 aliphatic heterocycles. The number of rotatable bonds is 4. The molecule has 2 aromatic rings. The fourth-order valence-corrected chi connectivity index (χ4v) is 1.89. The topological polar surface area (TPSA) is 45.2 Å². The van der Waals surface area contributed by atoms with Gasteiger partial charge >= 0.3 is 0 Å². The zero-order chi connectivity index (χ0) is 15.4. The molecule has 2 rings (SSSR count). The molecule has 1 heterocycles. The first-order valence-electron chi connectivity index (χ1n) is 6.64. The van der Waals surface area contributed by atoms with Crippen molar-refractivity contribution in [3.8, 4) is 0 Å². The molecule has 0 spiro atoms. The number of nitrogens with one attached hydrogen (secondary N) is 1. The molecule has 0 unspecified atom stereocenters. The van der Waals surface area contributed by atoms with Gasteiger partial charge in [-0.3, -0.25) is 4.79 Å². The van der Waals surface area contributed by atoms with Gasteiger partial charge < -0.3 is 10.2 Å². The molecule has 1 amide bonds. The molecule has 0 aliphatic carbocycles. The van der Waals surface area contributed by atoms with Crippen molar-refractivity contribution < 1.29 is 9.18 Å². The highest BCUT2D eigenvalue weighted by Crippen LogP contribution is 2.10. The first kappa shape index (κ1) is 15.0. The summed E-state index contributed by atoms with van der Waals surface area (Å²) in [5.41, 5.74) is 1.93. The van der Waals surface area contributed by atoms with E-state index in [0.717, 1.165) is 11.4 Å². The monoisotopic (exact) mass is 287 g/mol. The Hall–Kier alpha value is -2.43. The van der Waals surface area contributed by atoms with E-state index in [2.05, 4.69) is 10.3 Å². The van der Waals surface area contributed by atoms with E-state index in [1.807, 2.05) is 19.0 Å².